The van der Waals surface area contributed by atoms with Gasteiger partial charge >= 0.3 is 0 Å². The molecular formula is C7H15NO2. The van der Waals surface area contributed by atoms with E-state index in [1.807, 2.05) is 13.8 Å². The zero-order chi connectivity index (χ0) is 7.78. The molecule has 0 aromatic rings. The van der Waals surface area contributed by atoms with Crippen molar-refractivity contribution in [2.24, 2.45) is 5.73 Å². The third kappa shape index (κ3) is 1.68. The van der Waals surface area contributed by atoms with Gasteiger partial charge in [0.2, 0.25) is 0 Å². The Labute approximate surface area is 61.2 Å². The lowest BCUT2D eigenvalue weighted by atomic mass is 9.93. The van der Waals surface area contributed by atoms with Gasteiger partial charge in [-0.25, -0.2) is 0 Å². The third-order valence-electron chi connectivity index (χ3n) is 1.86. The van der Waals surface area contributed by atoms with Crippen LogP contribution in [0.15, 0.2) is 0 Å². The fourth-order valence-electron chi connectivity index (χ4n) is 1.15. The molecule has 1 aliphatic heterocycles. The standard InChI is InChI=1S/C7H15NO2/c1-7(2)3-6(9)5(8)4-10-7/h5-6,9H,3-4,8H2,1-2H3/t5-,6-/m1/s1. The lowest BCUT2D eigenvalue weighted by Gasteiger charge is -2.36. The zero-order valence-electron chi connectivity index (χ0n) is 6.50. The second-order valence-electron chi connectivity index (χ2n) is 3.51. The Kier molecular flexibility index (Phi) is 1.99. The predicted molar refractivity (Wildman–Crippen MR) is 38.6 cm³/mol. The summed E-state index contributed by atoms with van der Waals surface area (Å²) in [5.74, 6) is 0. The van der Waals surface area contributed by atoms with Crippen molar-refractivity contribution in [3.05, 3.63) is 0 Å². The fraction of sp³-hybridized carbons (Fsp3) is 1.00. The molecular weight excluding hydrogens is 130 g/mol. The molecule has 0 unspecified atom stereocenters. The van der Waals surface area contributed by atoms with Crippen LogP contribution in [-0.4, -0.2) is 29.5 Å². The molecule has 0 aromatic heterocycles. The smallest absolute Gasteiger partial charge is 0.0740 e. The van der Waals surface area contributed by atoms with Crippen LogP contribution in [0.1, 0.15) is 20.3 Å². The van der Waals surface area contributed by atoms with E-state index in [9.17, 15) is 5.11 Å². The van der Waals surface area contributed by atoms with Crippen molar-refractivity contribution in [1.29, 1.82) is 0 Å². The average molecular weight is 145 g/mol. The Balaban J connectivity index is 2.49. The normalized spacial score (nSPS) is 39.6. The van der Waals surface area contributed by atoms with Crippen LogP contribution in [-0.2, 0) is 4.74 Å². The summed E-state index contributed by atoms with van der Waals surface area (Å²) in [6.45, 7) is 4.39. The molecule has 0 amide bonds. The van der Waals surface area contributed by atoms with Crippen LogP contribution in [0, 0.1) is 0 Å². The maximum Gasteiger partial charge on any atom is 0.0740 e. The van der Waals surface area contributed by atoms with E-state index in [1.165, 1.54) is 0 Å². The summed E-state index contributed by atoms with van der Waals surface area (Å²) in [6.07, 6.45) is 0.234. The van der Waals surface area contributed by atoms with Gasteiger partial charge in [0.1, 0.15) is 0 Å². The van der Waals surface area contributed by atoms with Gasteiger partial charge in [0, 0.05) is 6.42 Å². The molecule has 3 N–H and O–H groups in total. The summed E-state index contributed by atoms with van der Waals surface area (Å²) in [7, 11) is 0. The van der Waals surface area contributed by atoms with Crippen LogP contribution in [0.25, 0.3) is 0 Å². The number of aliphatic hydroxyl groups excluding tert-OH is 1. The Bertz CT molecular complexity index is 125. The zero-order valence-corrected chi connectivity index (χ0v) is 6.50. The maximum absolute atomic E-state index is 9.31. The first-order chi connectivity index (χ1) is 4.51. The van der Waals surface area contributed by atoms with Crippen LogP contribution in [0.2, 0.25) is 0 Å². The van der Waals surface area contributed by atoms with E-state index in [-0.39, 0.29) is 11.6 Å². The van der Waals surface area contributed by atoms with Gasteiger partial charge < -0.3 is 15.6 Å². The molecule has 0 spiro atoms. The van der Waals surface area contributed by atoms with E-state index < -0.39 is 6.10 Å². The van der Waals surface area contributed by atoms with Gasteiger partial charge in [-0.3, -0.25) is 0 Å². The third-order valence-corrected chi connectivity index (χ3v) is 1.86. The molecule has 1 rings (SSSR count). The SMILES string of the molecule is CC1(C)C[C@@H](O)[C@H](N)CO1. The predicted octanol–water partition coefficient (Wildman–Crippen LogP) is -0.127. The highest BCUT2D eigenvalue weighted by atomic mass is 16.5. The molecule has 10 heavy (non-hydrogen) atoms. The summed E-state index contributed by atoms with van der Waals surface area (Å²) in [5, 5.41) is 9.31. The monoisotopic (exact) mass is 145 g/mol. The van der Waals surface area contributed by atoms with Gasteiger partial charge in [-0.1, -0.05) is 0 Å². The number of ether oxygens (including phenoxy) is 1. The van der Waals surface area contributed by atoms with Crippen LogP contribution < -0.4 is 5.73 Å². The quantitative estimate of drug-likeness (QED) is 0.499. The highest BCUT2D eigenvalue weighted by molar-refractivity contribution is 4.85. The summed E-state index contributed by atoms with van der Waals surface area (Å²) < 4.78 is 5.36. The van der Waals surface area contributed by atoms with E-state index in [0.29, 0.717) is 13.0 Å². The van der Waals surface area contributed by atoms with Crippen molar-refractivity contribution in [3.63, 3.8) is 0 Å². The molecule has 0 saturated carbocycles. The largest absolute Gasteiger partial charge is 0.391 e. The van der Waals surface area contributed by atoms with E-state index >= 15 is 0 Å². The Morgan fingerprint density at radius 2 is 2.20 bits per heavy atom. The second-order valence-corrected chi connectivity index (χ2v) is 3.51. The molecule has 1 heterocycles. The molecule has 1 fully saturated rings. The summed E-state index contributed by atoms with van der Waals surface area (Å²) in [5.41, 5.74) is 5.33. The highest BCUT2D eigenvalue weighted by Crippen LogP contribution is 2.22. The molecule has 0 radical (unpaired) electrons. The summed E-state index contributed by atoms with van der Waals surface area (Å²) >= 11 is 0. The number of aliphatic hydroxyl groups is 1. The molecule has 0 aromatic carbocycles. The van der Waals surface area contributed by atoms with Gasteiger partial charge in [-0.05, 0) is 13.8 Å². The van der Waals surface area contributed by atoms with Gasteiger partial charge in [-0.2, -0.15) is 0 Å². The molecule has 60 valence electrons. The van der Waals surface area contributed by atoms with Crippen molar-refractivity contribution in [2.75, 3.05) is 6.61 Å². The Morgan fingerprint density at radius 3 is 2.60 bits per heavy atom. The van der Waals surface area contributed by atoms with Crippen LogP contribution in [0.4, 0.5) is 0 Å². The topological polar surface area (TPSA) is 55.5 Å². The Hall–Kier alpha value is -0.120. The fourth-order valence-corrected chi connectivity index (χ4v) is 1.15. The van der Waals surface area contributed by atoms with Crippen molar-refractivity contribution in [2.45, 2.75) is 38.0 Å². The van der Waals surface area contributed by atoms with Gasteiger partial charge in [-0.15, -0.1) is 0 Å². The summed E-state index contributed by atoms with van der Waals surface area (Å²) in [4.78, 5) is 0. The highest BCUT2D eigenvalue weighted by Gasteiger charge is 2.32. The van der Waals surface area contributed by atoms with Gasteiger partial charge in [0.25, 0.3) is 0 Å². The van der Waals surface area contributed by atoms with Crippen molar-refractivity contribution < 1.29 is 9.84 Å². The molecule has 0 bridgehead atoms. The van der Waals surface area contributed by atoms with Crippen molar-refractivity contribution >= 4 is 0 Å². The lowest BCUT2D eigenvalue weighted by molar-refractivity contribution is -0.107. The average Bonchev–Trinajstić information content (AvgIpc) is 1.79. The molecule has 1 saturated heterocycles. The minimum absolute atomic E-state index is 0.199. The van der Waals surface area contributed by atoms with Crippen molar-refractivity contribution in [3.8, 4) is 0 Å². The number of rotatable bonds is 0. The van der Waals surface area contributed by atoms with Crippen LogP contribution >= 0.6 is 0 Å². The van der Waals surface area contributed by atoms with Crippen LogP contribution in [0.5, 0.6) is 0 Å². The first-order valence-electron chi connectivity index (χ1n) is 3.59. The molecule has 1 aliphatic rings. The van der Waals surface area contributed by atoms with Gasteiger partial charge in [0.15, 0.2) is 0 Å². The Morgan fingerprint density at radius 1 is 1.60 bits per heavy atom. The molecule has 3 heteroatoms. The minimum Gasteiger partial charge on any atom is -0.391 e. The van der Waals surface area contributed by atoms with Gasteiger partial charge in [0.05, 0.1) is 24.4 Å². The molecule has 2 atom stereocenters. The first kappa shape index (κ1) is 7.98. The first-order valence-corrected chi connectivity index (χ1v) is 3.59. The van der Waals surface area contributed by atoms with E-state index in [0.717, 1.165) is 0 Å². The maximum atomic E-state index is 9.31. The lowest BCUT2D eigenvalue weighted by Crippen LogP contribution is -2.50. The number of nitrogens with two attached hydrogens (primary N) is 1. The summed E-state index contributed by atoms with van der Waals surface area (Å²) in [6, 6.07) is -0.201. The number of hydrogen-bond donors (Lipinski definition) is 2. The minimum atomic E-state index is -0.399. The van der Waals surface area contributed by atoms with Crippen molar-refractivity contribution in [1.82, 2.24) is 0 Å². The second kappa shape index (κ2) is 2.49. The van der Waals surface area contributed by atoms with E-state index in [2.05, 4.69) is 0 Å². The van der Waals surface area contributed by atoms with E-state index in [4.69, 9.17) is 10.5 Å². The van der Waals surface area contributed by atoms with Crippen LogP contribution in [0.3, 0.4) is 0 Å². The van der Waals surface area contributed by atoms with E-state index in [1.54, 1.807) is 0 Å². The number of hydrogen-bond acceptors (Lipinski definition) is 3. The molecule has 0 aliphatic carbocycles. The molecule has 3 nitrogen and oxygen atoms in total.